The first kappa shape index (κ1) is 13.8. The number of benzene rings is 1. The lowest BCUT2D eigenvalue weighted by Crippen LogP contribution is -2.46. The highest BCUT2D eigenvalue weighted by atomic mass is 16.2. The number of carbonyl (C=O) groups excluding carboxylic acids is 1. The molecule has 5 nitrogen and oxygen atoms in total. The maximum Gasteiger partial charge on any atom is 0.252 e. The Morgan fingerprint density at radius 1 is 1.33 bits per heavy atom. The lowest BCUT2D eigenvalue weighted by molar-refractivity contribution is 0.0927. The van der Waals surface area contributed by atoms with Gasteiger partial charge in [0.2, 0.25) is 5.56 Å². The Balaban J connectivity index is 1.89. The van der Waals surface area contributed by atoms with Crippen molar-refractivity contribution in [2.24, 2.45) is 0 Å². The number of H-pyrrole nitrogens is 1. The maximum absolute atomic E-state index is 12.5. The number of hydrogen-bond acceptors (Lipinski definition) is 3. The predicted octanol–water partition coefficient (Wildman–Crippen LogP) is 1.40. The number of amides is 1. The second-order valence-electron chi connectivity index (χ2n) is 5.64. The topological polar surface area (TPSA) is 74.0 Å². The van der Waals surface area contributed by atoms with Crippen molar-refractivity contribution in [2.75, 3.05) is 6.54 Å². The molecule has 1 aliphatic rings. The molecule has 1 fully saturated rings. The molecule has 0 bridgehead atoms. The molecule has 2 atom stereocenters. The van der Waals surface area contributed by atoms with Crippen LogP contribution in [0.4, 0.5) is 0 Å². The van der Waals surface area contributed by atoms with Crippen LogP contribution in [0.2, 0.25) is 0 Å². The number of aromatic amines is 1. The predicted molar refractivity (Wildman–Crippen MR) is 82.5 cm³/mol. The fraction of sp³-hybridized carbons (Fsp3) is 0.375. The molecule has 1 aromatic carbocycles. The van der Waals surface area contributed by atoms with Crippen LogP contribution in [0.25, 0.3) is 10.9 Å². The highest BCUT2D eigenvalue weighted by molar-refractivity contribution is 6.06. The van der Waals surface area contributed by atoms with Gasteiger partial charge in [-0.15, -0.1) is 0 Å². The van der Waals surface area contributed by atoms with E-state index in [1.165, 1.54) is 6.07 Å². The summed E-state index contributed by atoms with van der Waals surface area (Å²) in [5, 5.41) is 7.19. The van der Waals surface area contributed by atoms with Gasteiger partial charge in [-0.2, -0.15) is 0 Å². The molecule has 1 aromatic heterocycles. The minimum absolute atomic E-state index is 0.159. The fourth-order valence-corrected chi connectivity index (χ4v) is 2.92. The van der Waals surface area contributed by atoms with Crippen molar-refractivity contribution in [3.05, 3.63) is 46.2 Å². The number of pyridine rings is 1. The van der Waals surface area contributed by atoms with Gasteiger partial charge in [-0.25, -0.2) is 0 Å². The van der Waals surface area contributed by atoms with E-state index in [1.807, 2.05) is 18.2 Å². The van der Waals surface area contributed by atoms with E-state index in [2.05, 4.69) is 22.5 Å². The third-order valence-corrected chi connectivity index (χ3v) is 3.95. The molecule has 3 N–H and O–H groups in total. The van der Waals surface area contributed by atoms with E-state index in [4.69, 9.17) is 0 Å². The SMILES string of the molecule is CC1CC(NC(=O)c2cc(=O)[nH]c3ccccc23)CCN1. The van der Waals surface area contributed by atoms with Gasteiger partial charge in [-0.1, -0.05) is 18.2 Å². The Morgan fingerprint density at radius 3 is 2.95 bits per heavy atom. The van der Waals surface area contributed by atoms with Gasteiger partial charge in [0.15, 0.2) is 0 Å². The van der Waals surface area contributed by atoms with Crippen molar-refractivity contribution in [3.63, 3.8) is 0 Å². The summed E-state index contributed by atoms with van der Waals surface area (Å²) in [5.74, 6) is -0.170. The van der Waals surface area contributed by atoms with Crippen LogP contribution >= 0.6 is 0 Å². The van der Waals surface area contributed by atoms with E-state index in [0.29, 0.717) is 17.1 Å². The number of para-hydroxylation sites is 1. The van der Waals surface area contributed by atoms with E-state index < -0.39 is 0 Å². The summed E-state index contributed by atoms with van der Waals surface area (Å²) < 4.78 is 0. The molecule has 1 saturated heterocycles. The molecule has 1 aliphatic heterocycles. The van der Waals surface area contributed by atoms with Crippen LogP contribution in [-0.4, -0.2) is 29.5 Å². The summed E-state index contributed by atoms with van der Waals surface area (Å²) >= 11 is 0. The molecule has 2 heterocycles. The van der Waals surface area contributed by atoms with Crippen molar-refractivity contribution >= 4 is 16.8 Å². The Labute approximate surface area is 122 Å². The number of fused-ring (bicyclic) bond motifs is 1. The van der Waals surface area contributed by atoms with E-state index in [0.717, 1.165) is 24.8 Å². The third kappa shape index (κ3) is 2.97. The number of aromatic nitrogens is 1. The van der Waals surface area contributed by atoms with Crippen LogP contribution in [0.1, 0.15) is 30.1 Å². The summed E-state index contributed by atoms with van der Waals surface area (Å²) in [4.78, 5) is 27.0. The highest BCUT2D eigenvalue weighted by Gasteiger charge is 2.21. The van der Waals surface area contributed by atoms with Gasteiger partial charge in [0.05, 0.1) is 5.56 Å². The van der Waals surface area contributed by atoms with Crippen molar-refractivity contribution in [3.8, 4) is 0 Å². The Kier molecular flexibility index (Phi) is 3.75. The minimum atomic E-state index is -0.252. The maximum atomic E-state index is 12.5. The Hall–Kier alpha value is -2.14. The number of hydrogen-bond donors (Lipinski definition) is 3. The van der Waals surface area contributed by atoms with Crippen molar-refractivity contribution in [1.29, 1.82) is 0 Å². The van der Waals surface area contributed by atoms with Crippen LogP contribution in [-0.2, 0) is 0 Å². The van der Waals surface area contributed by atoms with Crippen LogP contribution in [0, 0.1) is 0 Å². The first-order valence-corrected chi connectivity index (χ1v) is 7.30. The normalized spacial score (nSPS) is 22.1. The van der Waals surface area contributed by atoms with Crippen LogP contribution in [0.5, 0.6) is 0 Å². The molecular weight excluding hydrogens is 266 g/mol. The van der Waals surface area contributed by atoms with Crippen LogP contribution in [0.3, 0.4) is 0 Å². The van der Waals surface area contributed by atoms with Gasteiger partial charge in [-0.05, 0) is 32.4 Å². The Bertz CT molecular complexity index is 723. The summed E-state index contributed by atoms with van der Waals surface area (Å²) in [5.41, 5.74) is 0.881. The van der Waals surface area contributed by atoms with Crippen LogP contribution in [0.15, 0.2) is 35.1 Å². The summed E-state index contributed by atoms with van der Waals surface area (Å²) in [6.07, 6.45) is 1.82. The van der Waals surface area contributed by atoms with E-state index in [-0.39, 0.29) is 17.5 Å². The highest BCUT2D eigenvalue weighted by Crippen LogP contribution is 2.16. The van der Waals surface area contributed by atoms with Crippen molar-refractivity contribution < 1.29 is 4.79 Å². The minimum Gasteiger partial charge on any atom is -0.349 e. The second-order valence-corrected chi connectivity index (χ2v) is 5.64. The van der Waals surface area contributed by atoms with E-state index >= 15 is 0 Å². The van der Waals surface area contributed by atoms with Gasteiger partial charge >= 0.3 is 0 Å². The van der Waals surface area contributed by atoms with E-state index in [9.17, 15) is 9.59 Å². The first-order valence-electron chi connectivity index (χ1n) is 7.30. The first-order chi connectivity index (χ1) is 10.1. The molecule has 21 heavy (non-hydrogen) atoms. The lowest BCUT2D eigenvalue weighted by Gasteiger charge is -2.28. The fourth-order valence-electron chi connectivity index (χ4n) is 2.92. The second kappa shape index (κ2) is 5.69. The molecule has 2 unspecified atom stereocenters. The molecule has 2 aromatic rings. The van der Waals surface area contributed by atoms with Gasteiger partial charge in [0, 0.05) is 29.1 Å². The molecule has 1 amide bonds. The molecule has 0 aliphatic carbocycles. The zero-order valence-electron chi connectivity index (χ0n) is 12.0. The third-order valence-electron chi connectivity index (χ3n) is 3.95. The number of nitrogens with one attached hydrogen (secondary N) is 3. The number of rotatable bonds is 2. The average molecular weight is 285 g/mol. The summed E-state index contributed by atoms with van der Waals surface area (Å²) in [6.45, 7) is 3.02. The zero-order chi connectivity index (χ0) is 14.8. The standard InChI is InChI=1S/C16H19N3O2/c1-10-8-11(6-7-17-10)18-16(21)13-9-15(20)19-14-5-3-2-4-12(13)14/h2-5,9-11,17H,6-8H2,1H3,(H,18,21)(H,19,20). The van der Waals surface area contributed by atoms with Gasteiger partial charge in [0.25, 0.3) is 5.91 Å². The number of carbonyl (C=O) groups is 1. The largest absolute Gasteiger partial charge is 0.349 e. The molecule has 0 saturated carbocycles. The number of piperidine rings is 1. The Morgan fingerprint density at radius 2 is 2.14 bits per heavy atom. The van der Waals surface area contributed by atoms with E-state index in [1.54, 1.807) is 6.07 Å². The molecule has 0 spiro atoms. The molecule has 5 heteroatoms. The van der Waals surface area contributed by atoms with Crippen LogP contribution < -0.4 is 16.2 Å². The quantitative estimate of drug-likeness (QED) is 0.781. The van der Waals surface area contributed by atoms with Crippen molar-refractivity contribution in [2.45, 2.75) is 31.8 Å². The van der Waals surface area contributed by atoms with Gasteiger partial charge < -0.3 is 15.6 Å². The average Bonchev–Trinajstić information content (AvgIpc) is 2.46. The lowest BCUT2D eigenvalue weighted by atomic mass is 10.00. The van der Waals surface area contributed by atoms with Gasteiger partial charge in [-0.3, -0.25) is 9.59 Å². The van der Waals surface area contributed by atoms with Crippen molar-refractivity contribution in [1.82, 2.24) is 15.6 Å². The molecule has 3 rings (SSSR count). The molecule has 110 valence electrons. The summed E-state index contributed by atoms with van der Waals surface area (Å²) in [6, 6.07) is 9.30. The summed E-state index contributed by atoms with van der Waals surface area (Å²) in [7, 11) is 0. The molecule has 0 radical (unpaired) electrons. The smallest absolute Gasteiger partial charge is 0.252 e. The molecular formula is C16H19N3O2. The zero-order valence-corrected chi connectivity index (χ0v) is 12.0. The van der Waals surface area contributed by atoms with Gasteiger partial charge in [0.1, 0.15) is 0 Å². The monoisotopic (exact) mass is 285 g/mol.